The first-order valence-electron chi connectivity index (χ1n) is 8.41. The quantitative estimate of drug-likeness (QED) is 0.748. The summed E-state index contributed by atoms with van der Waals surface area (Å²) in [7, 11) is 0. The molecule has 110 valence electrons. The van der Waals surface area contributed by atoms with Crippen LogP contribution in [0.5, 0.6) is 0 Å². The fourth-order valence-electron chi connectivity index (χ4n) is 4.10. The predicted molar refractivity (Wildman–Crippen MR) is 80.2 cm³/mol. The van der Waals surface area contributed by atoms with Crippen molar-refractivity contribution in [2.24, 2.45) is 11.8 Å². The van der Waals surface area contributed by atoms with Crippen LogP contribution in [-0.2, 0) is 4.79 Å². The standard InChI is InChI=1S/C17H31NO/c1-4-14-9-8-10-15(13-14)16(19)17(3,5-2)18-11-6-7-12-18/h14-15H,4-13H2,1-3H3. The van der Waals surface area contributed by atoms with E-state index in [2.05, 4.69) is 25.7 Å². The Bertz CT molecular complexity index is 308. The molecule has 3 atom stereocenters. The molecule has 1 saturated heterocycles. The van der Waals surface area contributed by atoms with E-state index in [4.69, 9.17) is 0 Å². The van der Waals surface area contributed by atoms with Crippen LogP contribution in [0.2, 0.25) is 0 Å². The highest BCUT2D eigenvalue weighted by Gasteiger charge is 2.42. The van der Waals surface area contributed by atoms with Crippen molar-refractivity contribution in [2.75, 3.05) is 13.1 Å². The fraction of sp³-hybridized carbons (Fsp3) is 0.941. The molecule has 2 heteroatoms. The maximum atomic E-state index is 13.1. The zero-order valence-corrected chi connectivity index (χ0v) is 13.1. The molecule has 1 aliphatic heterocycles. The second-order valence-corrected chi connectivity index (χ2v) is 6.82. The first-order valence-corrected chi connectivity index (χ1v) is 8.41. The van der Waals surface area contributed by atoms with Crippen molar-refractivity contribution in [3.63, 3.8) is 0 Å². The number of ketones is 1. The SMILES string of the molecule is CCC1CCCC(C(=O)C(C)(CC)N2CCCC2)C1. The summed E-state index contributed by atoms with van der Waals surface area (Å²) in [4.78, 5) is 15.5. The van der Waals surface area contributed by atoms with E-state index in [1.165, 1.54) is 32.1 Å². The van der Waals surface area contributed by atoms with Crippen molar-refractivity contribution in [1.82, 2.24) is 4.90 Å². The third kappa shape index (κ3) is 3.04. The maximum Gasteiger partial charge on any atom is 0.155 e. The van der Waals surface area contributed by atoms with Gasteiger partial charge in [0.05, 0.1) is 5.54 Å². The van der Waals surface area contributed by atoms with Crippen LogP contribution in [0.4, 0.5) is 0 Å². The van der Waals surface area contributed by atoms with Crippen molar-refractivity contribution in [3.05, 3.63) is 0 Å². The van der Waals surface area contributed by atoms with Crippen LogP contribution in [0.3, 0.4) is 0 Å². The van der Waals surface area contributed by atoms with Gasteiger partial charge in [-0.05, 0) is 58.0 Å². The van der Waals surface area contributed by atoms with Gasteiger partial charge in [0.1, 0.15) is 0 Å². The Morgan fingerprint density at radius 1 is 1.16 bits per heavy atom. The minimum Gasteiger partial charge on any atom is -0.297 e. The number of Topliss-reactive ketones (excluding diaryl/α,β-unsaturated/α-hetero) is 1. The minimum absolute atomic E-state index is 0.184. The fourth-order valence-corrected chi connectivity index (χ4v) is 4.10. The van der Waals surface area contributed by atoms with Gasteiger partial charge in [-0.1, -0.05) is 33.1 Å². The van der Waals surface area contributed by atoms with E-state index in [0.717, 1.165) is 38.3 Å². The number of carbonyl (C=O) groups excluding carboxylic acids is 1. The highest BCUT2D eigenvalue weighted by Crippen LogP contribution is 2.37. The molecule has 0 amide bonds. The second kappa shape index (κ2) is 6.39. The van der Waals surface area contributed by atoms with Crippen molar-refractivity contribution < 1.29 is 4.79 Å². The molecular formula is C17H31NO. The molecule has 1 aliphatic carbocycles. The van der Waals surface area contributed by atoms with Crippen LogP contribution in [-0.4, -0.2) is 29.3 Å². The Morgan fingerprint density at radius 2 is 1.84 bits per heavy atom. The zero-order valence-electron chi connectivity index (χ0n) is 13.1. The Balaban J connectivity index is 2.06. The summed E-state index contributed by atoms with van der Waals surface area (Å²) >= 11 is 0. The van der Waals surface area contributed by atoms with E-state index in [1.54, 1.807) is 0 Å². The lowest BCUT2D eigenvalue weighted by molar-refractivity contribution is -0.135. The number of rotatable bonds is 5. The average Bonchev–Trinajstić information content (AvgIpc) is 3.00. The van der Waals surface area contributed by atoms with Gasteiger partial charge in [0, 0.05) is 5.92 Å². The lowest BCUT2D eigenvalue weighted by atomic mass is 9.73. The Morgan fingerprint density at radius 3 is 2.42 bits per heavy atom. The summed E-state index contributed by atoms with van der Waals surface area (Å²) in [6, 6.07) is 0. The van der Waals surface area contributed by atoms with Gasteiger partial charge >= 0.3 is 0 Å². The Hall–Kier alpha value is -0.370. The van der Waals surface area contributed by atoms with E-state index >= 15 is 0 Å². The van der Waals surface area contributed by atoms with Gasteiger partial charge in [-0.25, -0.2) is 0 Å². The van der Waals surface area contributed by atoms with Crippen LogP contribution in [0, 0.1) is 11.8 Å². The van der Waals surface area contributed by atoms with Gasteiger partial charge in [-0.3, -0.25) is 9.69 Å². The summed E-state index contributed by atoms with van der Waals surface area (Å²) in [5, 5.41) is 0. The number of nitrogens with zero attached hydrogens (tertiary/aromatic N) is 1. The highest BCUT2D eigenvalue weighted by molar-refractivity contribution is 5.90. The molecule has 2 nitrogen and oxygen atoms in total. The lowest BCUT2D eigenvalue weighted by Gasteiger charge is -2.41. The molecule has 0 aromatic heterocycles. The van der Waals surface area contributed by atoms with Gasteiger partial charge in [0.15, 0.2) is 5.78 Å². The second-order valence-electron chi connectivity index (χ2n) is 6.82. The van der Waals surface area contributed by atoms with Crippen LogP contribution in [0.25, 0.3) is 0 Å². The number of likely N-dealkylation sites (tertiary alicyclic amines) is 1. The molecule has 2 rings (SSSR count). The molecular weight excluding hydrogens is 234 g/mol. The summed E-state index contributed by atoms with van der Waals surface area (Å²) < 4.78 is 0. The number of hydrogen-bond donors (Lipinski definition) is 0. The lowest BCUT2D eigenvalue weighted by Crippen LogP contribution is -2.53. The Kier molecular flexibility index (Phi) is 5.05. The van der Waals surface area contributed by atoms with Crippen molar-refractivity contribution in [3.8, 4) is 0 Å². The average molecular weight is 265 g/mol. The van der Waals surface area contributed by atoms with Crippen molar-refractivity contribution in [2.45, 2.75) is 77.7 Å². The molecule has 19 heavy (non-hydrogen) atoms. The summed E-state index contributed by atoms with van der Waals surface area (Å²) in [6.45, 7) is 8.92. The number of carbonyl (C=O) groups is 1. The Labute approximate surface area is 118 Å². The first kappa shape index (κ1) is 15.0. The van der Waals surface area contributed by atoms with Crippen molar-refractivity contribution in [1.29, 1.82) is 0 Å². The monoisotopic (exact) mass is 265 g/mol. The molecule has 0 radical (unpaired) electrons. The first-order chi connectivity index (χ1) is 9.11. The summed E-state index contributed by atoms with van der Waals surface area (Å²) in [5.74, 6) is 1.68. The molecule has 0 aromatic carbocycles. The van der Waals surface area contributed by atoms with E-state index in [0.29, 0.717) is 11.7 Å². The molecule has 3 unspecified atom stereocenters. The van der Waals surface area contributed by atoms with Crippen LogP contribution >= 0.6 is 0 Å². The molecule has 1 heterocycles. The molecule has 2 aliphatic rings. The molecule has 0 aromatic rings. The molecule has 0 spiro atoms. The van der Waals surface area contributed by atoms with Gasteiger partial charge in [-0.2, -0.15) is 0 Å². The number of hydrogen-bond acceptors (Lipinski definition) is 2. The van der Waals surface area contributed by atoms with Gasteiger partial charge in [0.2, 0.25) is 0 Å². The maximum absolute atomic E-state index is 13.1. The van der Waals surface area contributed by atoms with E-state index < -0.39 is 0 Å². The van der Waals surface area contributed by atoms with Crippen LogP contribution in [0.15, 0.2) is 0 Å². The van der Waals surface area contributed by atoms with Gasteiger partial charge in [0.25, 0.3) is 0 Å². The van der Waals surface area contributed by atoms with Gasteiger partial charge in [-0.15, -0.1) is 0 Å². The largest absolute Gasteiger partial charge is 0.297 e. The molecule has 2 fully saturated rings. The topological polar surface area (TPSA) is 20.3 Å². The van der Waals surface area contributed by atoms with E-state index in [1.807, 2.05) is 0 Å². The van der Waals surface area contributed by atoms with Crippen molar-refractivity contribution >= 4 is 5.78 Å². The summed E-state index contributed by atoms with van der Waals surface area (Å²) in [6.07, 6.45) is 9.64. The molecule has 0 N–H and O–H groups in total. The third-order valence-corrected chi connectivity index (χ3v) is 5.75. The highest BCUT2D eigenvalue weighted by atomic mass is 16.1. The molecule has 1 saturated carbocycles. The van der Waals surface area contributed by atoms with E-state index in [9.17, 15) is 4.79 Å². The molecule has 0 bridgehead atoms. The predicted octanol–water partition coefficient (Wildman–Crippen LogP) is 4.04. The normalized spacial score (nSPS) is 32.2. The third-order valence-electron chi connectivity index (χ3n) is 5.75. The summed E-state index contributed by atoms with van der Waals surface area (Å²) in [5.41, 5.74) is -0.184. The van der Waals surface area contributed by atoms with Crippen LogP contribution in [0.1, 0.15) is 72.1 Å². The minimum atomic E-state index is -0.184. The zero-order chi connectivity index (χ0) is 13.9. The van der Waals surface area contributed by atoms with E-state index in [-0.39, 0.29) is 5.54 Å². The van der Waals surface area contributed by atoms with Gasteiger partial charge < -0.3 is 0 Å². The van der Waals surface area contributed by atoms with Crippen LogP contribution < -0.4 is 0 Å². The smallest absolute Gasteiger partial charge is 0.155 e.